The van der Waals surface area contributed by atoms with Crippen LogP contribution in [0.25, 0.3) is 22.5 Å². The van der Waals surface area contributed by atoms with Crippen molar-refractivity contribution in [3.63, 3.8) is 0 Å². The summed E-state index contributed by atoms with van der Waals surface area (Å²) in [6.45, 7) is 0.574. The zero-order chi connectivity index (χ0) is 14.8. The number of H-pyrrole nitrogens is 1. The molecule has 22 heavy (non-hydrogen) atoms. The minimum atomic E-state index is 0.372. The van der Waals surface area contributed by atoms with Crippen molar-refractivity contribution < 1.29 is 4.42 Å². The first-order valence-electron chi connectivity index (χ1n) is 6.79. The van der Waals surface area contributed by atoms with Gasteiger partial charge in [0.2, 0.25) is 0 Å². The quantitative estimate of drug-likeness (QED) is 0.600. The molecule has 4 aromatic rings. The van der Waals surface area contributed by atoms with Gasteiger partial charge in [-0.2, -0.15) is 0 Å². The summed E-state index contributed by atoms with van der Waals surface area (Å²) >= 11 is 0. The molecule has 108 valence electrons. The van der Waals surface area contributed by atoms with Crippen molar-refractivity contribution in [3.8, 4) is 11.5 Å². The molecule has 0 radical (unpaired) electrons. The standard InChI is InChI=1S/C15H12N6O/c1-3-10(7-16-5-1)8-19-15-21-20-14(22-15)12-9-18-13-11(12)4-2-6-17-13/h1-7,9H,8H2,(H,17,18)(H,19,21). The number of nitrogens with one attached hydrogen (secondary N) is 2. The van der Waals surface area contributed by atoms with Crippen LogP contribution < -0.4 is 5.32 Å². The highest BCUT2D eigenvalue weighted by molar-refractivity contribution is 5.90. The highest BCUT2D eigenvalue weighted by atomic mass is 16.4. The molecule has 7 heteroatoms. The van der Waals surface area contributed by atoms with Crippen LogP contribution in [-0.4, -0.2) is 25.1 Å². The van der Waals surface area contributed by atoms with Crippen molar-refractivity contribution in [2.24, 2.45) is 0 Å². The molecule has 0 saturated carbocycles. The molecule has 0 atom stereocenters. The second-order valence-electron chi connectivity index (χ2n) is 4.73. The van der Waals surface area contributed by atoms with E-state index in [-0.39, 0.29) is 0 Å². The third-order valence-electron chi connectivity index (χ3n) is 3.27. The van der Waals surface area contributed by atoms with Gasteiger partial charge in [0.1, 0.15) is 5.65 Å². The molecule has 0 saturated heterocycles. The second-order valence-corrected chi connectivity index (χ2v) is 4.73. The molecular weight excluding hydrogens is 280 g/mol. The van der Waals surface area contributed by atoms with Gasteiger partial charge in [0, 0.05) is 36.7 Å². The van der Waals surface area contributed by atoms with Gasteiger partial charge in [0.15, 0.2) is 0 Å². The Bertz CT molecular complexity index is 898. The van der Waals surface area contributed by atoms with Gasteiger partial charge in [-0.05, 0) is 23.8 Å². The zero-order valence-electron chi connectivity index (χ0n) is 11.5. The molecule has 2 N–H and O–H groups in total. The van der Waals surface area contributed by atoms with E-state index in [1.165, 1.54) is 0 Å². The van der Waals surface area contributed by atoms with Crippen LogP contribution in [0.15, 0.2) is 53.5 Å². The smallest absolute Gasteiger partial charge is 0.316 e. The fourth-order valence-electron chi connectivity index (χ4n) is 2.22. The Morgan fingerprint density at radius 1 is 1.14 bits per heavy atom. The summed E-state index contributed by atoms with van der Waals surface area (Å²) in [5.74, 6) is 0.452. The molecule has 0 spiro atoms. The van der Waals surface area contributed by atoms with Crippen molar-refractivity contribution in [1.29, 1.82) is 0 Å². The maximum Gasteiger partial charge on any atom is 0.316 e. The fourth-order valence-corrected chi connectivity index (χ4v) is 2.22. The maximum atomic E-state index is 5.66. The molecule has 4 rings (SSSR count). The number of fused-ring (bicyclic) bond motifs is 1. The van der Waals surface area contributed by atoms with Crippen LogP contribution in [0.4, 0.5) is 6.01 Å². The Hall–Kier alpha value is -3.22. The summed E-state index contributed by atoms with van der Waals surface area (Å²) in [5, 5.41) is 12.1. The summed E-state index contributed by atoms with van der Waals surface area (Å²) < 4.78 is 5.66. The summed E-state index contributed by atoms with van der Waals surface area (Å²) in [5.41, 5.74) is 2.67. The van der Waals surface area contributed by atoms with Gasteiger partial charge in [-0.15, -0.1) is 5.10 Å². The van der Waals surface area contributed by atoms with E-state index in [0.717, 1.165) is 22.2 Å². The van der Waals surface area contributed by atoms with E-state index in [1.807, 2.05) is 30.5 Å². The van der Waals surface area contributed by atoms with E-state index in [1.54, 1.807) is 18.6 Å². The van der Waals surface area contributed by atoms with Crippen LogP contribution in [-0.2, 0) is 6.54 Å². The van der Waals surface area contributed by atoms with E-state index in [0.29, 0.717) is 18.5 Å². The van der Waals surface area contributed by atoms with Gasteiger partial charge in [-0.3, -0.25) is 4.98 Å². The van der Waals surface area contributed by atoms with E-state index >= 15 is 0 Å². The number of pyridine rings is 2. The molecule has 0 aliphatic rings. The molecule has 0 aliphatic carbocycles. The van der Waals surface area contributed by atoms with Crippen molar-refractivity contribution in [2.75, 3.05) is 5.32 Å². The van der Waals surface area contributed by atoms with Crippen molar-refractivity contribution in [2.45, 2.75) is 6.54 Å². The highest BCUT2D eigenvalue weighted by Crippen LogP contribution is 2.27. The van der Waals surface area contributed by atoms with Crippen LogP contribution >= 0.6 is 0 Å². The van der Waals surface area contributed by atoms with Crippen molar-refractivity contribution in [1.82, 2.24) is 25.1 Å². The Kier molecular flexibility index (Phi) is 3.01. The number of hydrogen-bond donors (Lipinski definition) is 2. The minimum absolute atomic E-state index is 0.372. The lowest BCUT2D eigenvalue weighted by molar-refractivity contribution is 0.581. The van der Waals surface area contributed by atoms with Crippen molar-refractivity contribution >= 4 is 17.0 Å². The fraction of sp³-hybridized carbons (Fsp3) is 0.0667. The molecule has 4 heterocycles. The summed E-state index contributed by atoms with van der Waals surface area (Å²) in [4.78, 5) is 11.4. The topological polar surface area (TPSA) is 92.5 Å². The molecule has 0 amide bonds. The third kappa shape index (κ3) is 2.28. The Balaban J connectivity index is 1.56. The average molecular weight is 292 g/mol. The molecule has 4 aromatic heterocycles. The highest BCUT2D eigenvalue weighted by Gasteiger charge is 2.13. The van der Waals surface area contributed by atoms with Gasteiger partial charge >= 0.3 is 6.01 Å². The predicted molar refractivity (Wildman–Crippen MR) is 80.9 cm³/mol. The van der Waals surface area contributed by atoms with Crippen LogP contribution in [0.2, 0.25) is 0 Å². The number of anilines is 1. The van der Waals surface area contributed by atoms with Crippen LogP contribution in [0, 0.1) is 0 Å². The Labute approximate surface area is 125 Å². The van der Waals surface area contributed by atoms with Crippen LogP contribution in [0.5, 0.6) is 0 Å². The monoisotopic (exact) mass is 292 g/mol. The molecule has 7 nitrogen and oxygen atoms in total. The third-order valence-corrected chi connectivity index (χ3v) is 3.27. The normalized spacial score (nSPS) is 10.9. The molecule has 0 bridgehead atoms. The maximum absolute atomic E-state index is 5.66. The minimum Gasteiger partial charge on any atom is -0.403 e. The number of nitrogens with zero attached hydrogens (tertiary/aromatic N) is 4. The lowest BCUT2D eigenvalue weighted by Crippen LogP contribution is -1.99. The van der Waals surface area contributed by atoms with Gasteiger partial charge in [-0.1, -0.05) is 11.2 Å². The van der Waals surface area contributed by atoms with Crippen molar-refractivity contribution in [3.05, 3.63) is 54.6 Å². The Morgan fingerprint density at radius 3 is 3.00 bits per heavy atom. The zero-order valence-corrected chi connectivity index (χ0v) is 11.5. The predicted octanol–water partition coefficient (Wildman–Crippen LogP) is 2.62. The van der Waals surface area contributed by atoms with Gasteiger partial charge in [-0.25, -0.2) is 4.98 Å². The lowest BCUT2D eigenvalue weighted by atomic mass is 10.2. The molecule has 0 aromatic carbocycles. The number of hydrogen-bond acceptors (Lipinski definition) is 6. The first-order valence-corrected chi connectivity index (χ1v) is 6.79. The number of aromatic nitrogens is 5. The van der Waals surface area contributed by atoms with E-state index in [4.69, 9.17) is 4.42 Å². The lowest BCUT2D eigenvalue weighted by Gasteiger charge is -1.99. The van der Waals surface area contributed by atoms with Crippen LogP contribution in [0.3, 0.4) is 0 Å². The molecule has 0 unspecified atom stereocenters. The van der Waals surface area contributed by atoms with Crippen LogP contribution in [0.1, 0.15) is 5.56 Å². The number of rotatable bonds is 4. The largest absolute Gasteiger partial charge is 0.403 e. The molecule has 0 fully saturated rings. The van der Waals surface area contributed by atoms with Gasteiger partial charge in [0.25, 0.3) is 5.89 Å². The Morgan fingerprint density at radius 2 is 2.09 bits per heavy atom. The molecular formula is C15H12N6O. The molecule has 0 aliphatic heterocycles. The summed E-state index contributed by atoms with van der Waals surface area (Å²) in [6.07, 6.45) is 7.07. The SMILES string of the molecule is c1cncc(CNc2nnc(-c3c[nH]c4ncccc34)o2)c1. The number of aromatic amines is 1. The summed E-state index contributed by atoms with van der Waals surface area (Å²) in [6, 6.07) is 8.06. The first kappa shape index (κ1) is 12.5. The average Bonchev–Trinajstić information content (AvgIpc) is 3.20. The van der Waals surface area contributed by atoms with E-state index in [9.17, 15) is 0 Å². The van der Waals surface area contributed by atoms with E-state index < -0.39 is 0 Å². The second kappa shape index (κ2) is 5.28. The first-order chi connectivity index (χ1) is 10.9. The summed E-state index contributed by atoms with van der Waals surface area (Å²) in [7, 11) is 0. The van der Waals surface area contributed by atoms with E-state index in [2.05, 4.69) is 30.5 Å². The van der Waals surface area contributed by atoms with Gasteiger partial charge in [0.05, 0.1) is 5.56 Å². The van der Waals surface area contributed by atoms with Gasteiger partial charge < -0.3 is 14.7 Å².